The van der Waals surface area contributed by atoms with Crippen molar-refractivity contribution in [2.75, 3.05) is 7.05 Å². The fourth-order valence-electron chi connectivity index (χ4n) is 1.77. The van der Waals surface area contributed by atoms with Gasteiger partial charge in [0.05, 0.1) is 0 Å². The molecule has 0 aromatic heterocycles. The van der Waals surface area contributed by atoms with Gasteiger partial charge in [0, 0.05) is 7.05 Å². The molecule has 1 saturated heterocycles. The van der Waals surface area contributed by atoms with Gasteiger partial charge in [0.2, 0.25) is 0 Å². The first-order valence-corrected chi connectivity index (χ1v) is 5.89. The van der Waals surface area contributed by atoms with Crippen LogP contribution in [0.4, 0.5) is 4.79 Å². The van der Waals surface area contributed by atoms with Crippen LogP contribution in [-0.2, 0) is 4.79 Å². The molecule has 0 atom stereocenters. The first kappa shape index (κ1) is 12.4. The Hall–Kier alpha value is -2.10. The molecule has 1 aromatic rings. The monoisotopic (exact) mass is 244 g/mol. The number of nitrogens with one attached hydrogen (secondary N) is 1. The van der Waals surface area contributed by atoms with E-state index in [-0.39, 0.29) is 11.9 Å². The van der Waals surface area contributed by atoms with Gasteiger partial charge < -0.3 is 5.32 Å². The molecule has 1 aliphatic heterocycles. The van der Waals surface area contributed by atoms with Crippen LogP contribution in [0.1, 0.15) is 30.9 Å². The molecule has 1 aromatic carbocycles. The van der Waals surface area contributed by atoms with E-state index in [1.807, 2.05) is 24.3 Å². The Morgan fingerprint density at radius 2 is 1.78 bits per heavy atom. The lowest BCUT2D eigenvalue weighted by atomic mass is 10.0. The maximum absolute atomic E-state index is 11.7. The second-order valence-corrected chi connectivity index (χ2v) is 4.67. The van der Waals surface area contributed by atoms with Crippen LogP contribution in [0.3, 0.4) is 0 Å². The van der Waals surface area contributed by atoms with Crippen molar-refractivity contribution in [3.05, 3.63) is 41.1 Å². The molecule has 0 radical (unpaired) electrons. The van der Waals surface area contributed by atoms with Gasteiger partial charge >= 0.3 is 6.03 Å². The summed E-state index contributed by atoms with van der Waals surface area (Å²) in [6.07, 6.45) is 1.69. The van der Waals surface area contributed by atoms with Gasteiger partial charge in [0.25, 0.3) is 5.91 Å². The average molecular weight is 244 g/mol. The number of hydrogen-bond donors (Lipinski definition) is 1. The first-order valence-electron chi connectivity index (χ1n) is 5.89. The fourth-order valence-corrected chi connectivity index (χ4v) is 1.77. The quantitative estimate of drug-likeness (QED) is 0.641. The van der Waals surface area contributed by atoms with Crippen molar-refractivity contribution >= 4 is 18.0 Å². The second-order valence-electron chi connectivity index (χ2n) is 4.67. The highest BCUT2D eigenvalue weighted by atomic mass is 16.2. The number of urea groups is 1. The summed E-state index contributed by atoms with van der Waals surface area (Å²) in [5.74, 6) is 0.179. The van der Waals surface area contributed by atoms with Crippen LogP contribution in [0.5, 0.6) is 0 Å². The van der Waals surface area contributed by atoms with Crippen LogP contribution in [-0.4, -0.2) is 23.9 Å². The van der Waals surface area contributed by atoms with Crippen LogP contribution in [0.2, 0.25) is 0 Å². The molecule has 0 saturated carbocycles. The number of benzene rings is 1. The molecule has 1 N–H and O–H groups in total. The highest BCUT2D eigenvalue weighted by molar-refractivity contribution is 6.13. The molecule has 4 heteroatoms. The van der Waals surface area contributed by atoms with E-state index in [0.717, 1.165) is 10.5 Å². The lowest BCUT2D eigenvalue weighted by molar-refractivity contribution is -0.121. The standard InChI is InChI=1S/C14H16N2O2/c1-9(2)11-6-4-10(5-7-11)8-12-13(17)16(3)14(18)15-12/h4-9H,1-3H3,(H,15,18)/b12-8+. The Kier molecular flexibility index (Phi) is 3.19. The third-order valence-electron chi connectivity index (χ3n) is 3.00. The molecule has 0 bridgehead atoms. The van der Waals surface area contributed by atoms with Crippen molar-refractivity contribution in [2.24, 2.45) is 0 Å². The fraction of sp³-hybridized carbons (Fsp3) is 0.286. The normalized spacial score (nSPS) is 17.8. The summed E-state index contributed by atoms with van der Waals surface area (Å²) in [4.78, 5) is 24.0. The topological polar surface area (TPSA) is 49.4 Å². The minimum atomic E-state index is -0.384. The lowest BCUT2D eigenvalue weighted by Gasteiger charge is -2.05. The first-order chi connectivity index (χ1) is 8.49. The Balaban J connectivity index is 2.24. The molecule has 18 heavy (non-hydrogen) atoms. The zero-order valence-corrected chi connectivity index (χ0v) is 10.7. The number of hydrogen-bond acceptors (Lipinski definition) is 2. The summed E-state index contributed by atoms with van der Waals surface area (Å²) < 4.78 is 0. The van der Waals surface area contributed by atoms with E-state index in [2.05, 4.69) is 19.2 Å². The molecule has 0 aliphatic carbocycles. The van der Waals surface area contributed by atoms with E-state index in [1.165, 1.54) is 12.6 Å². The Morgan fingerprint density at radius 3 is 2.22 bits per heavy atom. The van der Waals surface area contributed by atoms with Crippen molar-refractivity contribution in [3.8, 4) is 0 Å². The van der Waals surface area contributed by atoms with Crippen molar-refractivity contribution in [1.29, 1.82) is 0 Å². The third-order valence-corrected chi connectivity index (χ3v) is 3.00. The number of rotatable bonds is 2. The van der Waals surface area contributed by atoms with Gasteiger partial charge in [-0.1, -0.05) is 38.1 Å². The SMILES string of the molecule is CC(C)c1ccc(/C=C2/NC(=O)N(C)C2=O)cc1. The van der Waals surface area contributed by atoms with Gasteiger partial charge in [0.15, 0.2) is 0 Å². The van der Waals surface area contributed by atoms with E-state index < -0.39 is 0 Å². The van der Waals surface area contributed by atoms with Crippen LogP contribution < -0.4 is 5.32 Å². The molecule has 2 rings (SSSR count). The smallest absolute Gasteiger partial charge is 0.303 e. The minimum absolute atomic E-state index is 0.298. The van der Waals surface area contributed by atoms with Crippen LogP contribution in [0, 0.1) is 0 Å². The van der Waals surface area contributed by atoms with E-state index in [9.17, 15) is 9.59 Å². The van der Waals surface area contributed by atoms with Crippen molar-refractivity contribution in [1.82, 2.24) is 10.2 Å². The summed E-state index contributed by atoms with van der Waals surface area (Å²) in [7, 11) is 1.46. The molecular weight excluding hydrogens is 228 g/mol. The highest BCUT2D eigenvalue weighted by Gasteiger charge is 2.29. The Morgan fingerprint density at radius 1 is 1.17 bits per heavy atom. The summed E-state index contributed by atoms with van der Waals surface area (Å²) in [6.45, 7) is 4.26. The van der Waals surface area contributed by atoms with Gasteiger partial charge in [-0.3, -0.25) is 9.69 Å². The number of nitrogens with zero attached hydrogens (tertiary/aromatic N) is 1. The maximum Gasteiger partial charge on any atom is 0.328 e. The van der Waals surface area contributed by atoms with Crippen molar-refractivity contribution in [3.63, 3.8) is 0 Å². The van der Waals surface area contributed by atoms with Gasteiger partial charge in [0.1, 0.15) is 5.70 Å². The van der Waals surface area contributed by atoms with Gasteiger partial charge in [-0.2, -0.15) is 0 Å². The predicted molar refractivity (Wildman–Crippen MR) is 69.8 cm³/mol. The molecule has 0 spiro atoms. The summed E-state index contributed by atoms with van der Waals surface area (Å²) in [5.41, 5.74) is 2.47. The molecule has 1 aliphatic rings. The van der Waals surface area contributed by atoms with Gasteiger partial charge in [-0.05, 0) is 23.1 Å². The number of carbonyl (C=O) groups is 2. The van der Waals surface area contributed by atoms with Crippen LogP contribution >= 0.6 is 0 Å². The van der Waals surface area contributed by atoms with Gasteiger partial charge in [-0.25, -0.2) is 4.79 Å². The summed E-state index contributed by atoms with van der Waals surface area (Å²) in [5, 5.41) is 2.54. The average Bonchev–Trinajstić information content (AvgIpc) is 2.58. The number of amides is 3. The van der Waals surface area contributed by atoms with Gasteiger partial charge in [-0.15, -0.1) is 0 Å². The lowest BCUT2D eigenvalue weighted by Crippen LogP contribution is -2.25. The van der Waals surface area contributed by atoms with Crippen molar-refractivity contribution < 1.29 is 9.59 Å². The van der Waals surface area contributed by atoms with E-state index >= 15 is 0 Å². The molecule has 0 unspecified atom stereocenters. The van der Waals surface area contributed by atoms with Crippen LogP contribution in [0.25, 0.3) is 6.08 Å². The van der Waals surface area contributed by atoms with E-state index in [0.29, 0.717) is 11.6 Å². The van der Waals surface area contributed by atoms with E-state index in [4.69, 9.17) is 0 Å². The number of carbonyl (C=O) groups excluding carboxylic acids is 2. The summed E-state index contributed by atoms with van der Waals surface area (Å²) >= 11 is 0. The Labute approximate surface area is 106 Å². The van der Waals surface area contributed by atoms with E-state index in [1.54, 1.807) is 6.08 Å². The van der Waals surface area contributed by atoms with Crippen molar-refractivity contribution in [2.45, 2.75) is 19.8 Å². The van der Waals surface area contributed by atoms with Crippen LogP contribution in [0.15, 0.2) is 30.0 Å². The molecule has 4 nitrogen and oxygen atoms in total. The Bertz CT molecular complexity index is 515. The zero-order valence-electron chi connectivity index (χ0n) is 10.7. The maximum atomic E-state index is 11.7. The number of imide groups is 1. The number of likely N-dealkylation sites (N-methyl/N-ethyl adjacent to an activating group) is 1. The summed E-state index contributed by atoms with van der Waals surface area (Å²) in [6, 6.07) is 7.56. The molecular formula is C14H16N2O2. The predicted octanol–water partition coefficient (Wildman–Crippen LogP) is 2.33. The zero-order chi connectivity index (χ0) is 13.3. The largest absolute Gasteiger partial charge is 0.328 e. The molecule has 3 amide bonds. The molecule has 1 fully saturated rings. The highest BCUT2D eigenvalue weighted by Crippen LogP contribution is 2.17. The molecule has 1 heterocycles. The third kappa shape index (κ3) is 2.27. The minimum Gasteiger partial charge on any atom is -0.303 e. The molecule has 94 valence electrons. The second kappa shape index (κ2) is 4.64.